The monoisotopic (exact) mass is 496 g/mol. The van der Waals surface area contributed by atoms with E-state index in [1.54, 1.807) is 12.1 Å². The minimum atomic E-state index is -3.84. The predicted octanol–water partition coefficient (Wildman–Crippen LogP) is 4.34. The van der Waals surface area contributed by atoms with Gasteiger partial charge >= 0.3 is 0 Å². The first kappa shape index (κ1) is 23.7. The number of carbonyl (C=O) groups excluding carboxylic acids is 2. The van der Waals surface area contributed by atoms with Gasteiger partial charge in [0.2, 0.25) is 11.8 Å². The van der Waals surface area contributed by atoms with E-state index >= 15 is 0 Å². The van der Waals surface area contributed by atoms with Gasteiger partial charge in [0, 0.05) is 19.2 Å². The Balaban J connectivity index is 1.67. The lowest BCUT2D eigenvalue weighted by Gasteiger charge is -2.31. The molecule has 4 rings (SSSR count). The van der Waals surface area contributed by atoms with Crippen LogP contribution < -0.4 is 14.9 Å². The van der Waals surface area contributed by atoms with Crippen LogP contribution in [0, 0.1) is 6.92 Å². The number of hydrogen-bond donors (Lipinski definition) is 2. The Morgan fingerprint density at radius 1 is 1.18 bits per heavy atom. The van der Waals surface area contributed by atoms with Gasteiger partial charge in [-0.25, -0.2) is 13.4 Å². The second-order valence-corrected chi connectivity index (χ2v) is 10.7. The van der Waals surface area contributed by atoms with Gasteiger partial charge in [-0.15, -0.1) is 0 Å². The topological polar surface area (TPSA) is 108 Å². The van der Waals surface area contributed by atoms with Crippen LogP contribution in [0.5, 0.6) is 0 Å². The molecule has 0 saturated carbocycles. The molecule has 2 amide bonds. The zero-order valence-electron chi connectivity index (χ0n) is 18.8. The minimum absolute atomic E-state index is 0.101. The molecule has 2 aromatic carbocycles. The van der Waals surface area contributed by atoms with Crippen LogP contribution >= 0.6 is 11.3 Å². The number of rotatable bonds is 6. The fraction of sp³-hybridized carbons (Fsp3) is 0.208. The largest absolute Gasteiger partial charge is 0.322 e. The fourth-order valence-corrected chi connectivity index (χ4v) is 6.47. The van der Waals surface area contributed by atoms with E-state index < -0.39 is 15.9 Å². The third-order valence-electron chi connectivity index (χ3n) is 5.37. The molecule has 0 radical (unpaired) electrons. The van der Waals surface area contributed by atoms with Gasteiger partial charge < -0.3 is 10.6 Å². The van der Waals surface area contributed by atoms with Crippen LogP contribution in [0.2, 0.25) is 0 Å². The maximum Gasteiger partial charge on any atom is 0.264 e. The third-order valence-corrected chi connectivity index (χ3v) is 8.30. The molecule has 0 aliphatic carbocycles. The lowest BCUT2D eigenvalue weighted by atomic mass is 10.00. The number of aryl methyl sites for hydroxylation is 2. The summed E-state index contributed by atoms with van der Waals surface area (Å²) in [5.41, 5.74) is 3.68. The number of anilines is 3. The average molecular weight is 497 g/mol. The molecule has 3 aromatic rings. The van der Waals surface area contributed by atoms with Crippen molar-refractivity contribution in [3.8, 4) is 10.4 Å². The smallest absolute Gasteiger partial charge is 0.264 e. The maximum atomic E-state index is 13.5. The molecule has 0 saturated heterocycles. The zero-order chi connectivity index (χ0) is 24.5. The molecular weight excluding hydrogens is 472 g/mol. The number of carbonyl (C=O) groups is 2. The number of thiazole rings is 1. The summed E-state index contributed by atoms with van der Waals surface area (Å²) in [6.45, 7) is 7.10. The summed E-state index contributed by atoms with van der Waals surface area (Å²) in [6.07, 6.45) is 2.56. The number of nitrogens with zero attached hydrogens (tertiary/aromatic N) is 2. The summed E-state index contributed by atoms with van der Waals surface area (Å²) in [6, 6.07) is 11.9. The van der Waals surface area contributed by atoms with Gasteiger partial charge in [-0.1, -0.05) is 30.0 Å². The van der Waals surface area contributed by atoms with Crippen molar-refractivity contribution >= 4 is 49.7 Å². The lowest BCUT2D eigenvalue weighted by Crippen LogP contribution is -2.35. The highest BCUT2D eigenvalue weighted by molar-refractivity contribution is 7.92. The Kier molecular flexibility index (Phi) is 6.54. The van der Waals surface area contributed by atoms with Gasteiger partial charge in [-0.2, -0.15) is 0 Å². The van der Waals surface area contributed by atoms with Crippen LogP contribution in [0.25, 0.3) is 10.4 Å². The Bertz CT molecular complexity index is 1400. The molecule has 0 atom stereocenters. The zero-order valence-corrected chi connectivity index (χ0v) is 20.4. The molecule has 1 aliphatic heterocycles. The molecule has 1 aliphatic rings. The summed E-state index contributed by atoms with van der Waals surface area (Å²) in [5.74, 6) is -0.592. The van der Waals surface area contributed by atoms with Gasteiger partial charge in [0.1, 0.15) is 0 Å². The maximum absolute atomic E-state index is 13.5. The summed E-state index contributed by atoms with van der Waals surface area (Å²) < 4.78 is 28.5. The first-order valence-corrected chi connectivity index (χ1v) is 12.9. The van der Waals surface area contributed by atoms with Crippen molar-refractivity contribution in [1.82, 2.24) is 4.98 Å². The second kappa shape index (κ2) is 9.40. The molecule has 0 spiro atoms. The number of fused-ring (bicyclic) bond motifs is 1. The van der Waals surface area contributed by atoms with Crippen molar-refractivity contribution in [2.45, 2.75) is 31.6 Å². The summed E-state index contributed by atoms with van der Waals surface area (Å²) in [5, 5.41) is 5.85. The van der Waals surface area contributed by atoms with Gasteiger partial charge in [-0.3, -0.25) is 13.9 Å². The van der Waals surface area contributed by atoms with Crippen LogP contribution in [0.4, 0.5) is 16.5 Å². The van der Waals surface area contributed by atoms with Gasteiger partial charge in [0.15, 0.2) is 5.13 Å². The molecule has 0 unspecified atom stereocenters. The first-order valence-electron chi connectivity index (χ1n) is 10.6. The van der Waals surface area contributed by atoms with Crippen LogP contribution in [0.1, 0.15) is 24.6 Å². The Morgan fingerprint density at radius 2 is 1.97 bits per heavy atom. The highest BCUT2D eigenvalue weighted by Gasteiger charge is 2.30. The Hall–Kier alpha value is -3.50. The SMILES string of the molecule is C=CC(=O)Nc1cccc(S(=O)(=O)N2CCCc3cc(-c4sc(NC(C)=O)nc4C)ccc32)c1. The number of hydrogen-bond acceptors (Lipinski definition) is 6. The average Bonchev–Trinajstić information content (AvgIpc) is 3.17. The quantitative estimate of drug-likeness (QED) is 0.494. The number of aromatic nitrogens is 1. The van der Waals surface area contributed by atoms with Gasteiger partial charge in [0.25, 0.3) is 10.0 Å². The van der Waals surface area contributed by atoms with Crippen molar-refractivity contribution in [3.05, 3.63) is 66.4 Å². The second-order valence-electron chi connectivity index (χ2n) is 7.86. The summed E-state index contributed by atoms with van der Waals surface area (Å²) >= 11 is 1.39. The fourth-order valence-electron chi connectivity index (χ4n) is 3.88. The van der Waals surface area contributed by atoms with Gasteiger partial charge in [0.05, 0.1) is 21.2 Å². The molecule has 0 fully saturated rings. The molecule has 1 aromatic heterocycles. The van der Waals surface area contributed by atoms with Gasteiger partial charge in [-0.05, 0) is 67.3 Å². The van der Waals surface area contributed by atoms with E-state index in [1.807, 2.05) is 25.1 Å². The van der Waals surface area contributed by atoms with Crippen molar-refractivity contribution in [1.29, 1.82) is 0 Å². The van der Waals surface area contributed by atoms with E-state index in [0.717, 1.165) is 34.2 Å². The van der Waals surface area contributed by atoms with E-state index in [0.29, 0.717) is 29.5 Å². The highest BCUT2D eigenvalue weighted by atomic mass is 32.2. The van der Waals surface area contributed by atoms with Crippen LogP contribution in [0.3, 0.4) is 0 Å². The number of nitrogens with one attached hydrogen (secondary N) is 2. The van der Waals surface area contributed by atoms with Crippen molar-refractivity contribution in [2.24, 2.45) is 0 Å². The van der Waals surface area contributed by atoms with Crippen LogP contribution in [-0.4, -0.2) is 31.8 Å². The van der Waals surface area contributed by atoms with E-state index in [1.165, 1.54) is 34.7 Å². The van der Waals surface area contributed by atoms with Crippen molar-refractivity contribution in [2.75, 3.05) is 21.5 Å². The van der Waals surface area contributed by atoms with E-state index in [2.05, 4.69) is 22.2 Å². The van der Waals surface area contributed by atoms with Crippen molar-refractivity contribution in [3.63, 3.8) is 0 Å². The number of benzene rings is 2. The summed E-state index contributed by atoms with van der Waals surface area (Å²) in [4.78, 5) is 28.4. The van der Waals surface area contributed by atoms with E-state index in [9.17, 15) is 18.0 Å². The minimum Gasteiger partial charge on any atom is -0.322 e. The van der Waals surface area contributed by atoms with E-state index in [-0.39, 0.29) is 10.8 Å². The molecule has 34 heavy (non-hydrogen) atoms. The normalized spacial score (nSPS) is 13.2. The first-order chi connectivity index (χ1) is 16.2. The molecule has 10 heteroatoms. The Labute approximate surface area is 202 Å². The predicted molar refractivity (Wildman–Crippen MR) is 135 cm³/mol. The highest BCUT2D eigenvalue weighted by Crippen LogP contribution is 2.38. The van der Waals surface area contributed by atoms with Crippen LogP contribution in [0.15, 0.2) is 60.0 Å². The molecule has 2 heterocycles. The molecule has 176 valence electrons. The molecule has 8 nitrogen and oxygen atoms in total. The molecule has 2 N–H and O–H groups in total. The number of amides is 2. The molecular formula is C24H24N4O4S2. The third kappa shape index (κ3) is 4.73. The standard InChI is InChI=1S/C24H24N4O4S2/c1-4-22(30)27-19-8-5-9-20(14-19)34(31,32)28-12-6-7-17-13-18(10-11-21(17)28)23-15(2)25-24(33-23)26-16(3)29/h4-5,8-11,13-14H,1,6-7,12H2,2-3H3,(H,27,30)(H,25,26,29). The number of sulfonamides is 1. The van der Waals surface area contributed by atoms with Crippen molar-refractivity contribution < 1.29 is 18.0 Å². The Morgan fingerprint density at radius 3 is 2.71 bits per heavy atom. The lowest BCUT2D eigenvalue weighted by molar-refractivity contribution is -0.114. The summed E-state index contributed by atoms with van der Waals surface area (Å²) in [7, 11) is -3.84. The van der Waals surface area contributed by atoms with Crippen LogP contribution in [-0.2, 0) is 26.0 Å². The van der Waals surface area contributed by atoms with E-state index in [4.69, 9.17) is 0 Å². The molecule has 0 bridgehead atoms.